The van der Waals surface area contributed by atoms with Gasteiger partial charge < -0.3 is 9.84 Å². The molecule has 38 heavy (non-hydrogen) atoms. The van der Waals surface area contributed by atoms with Gasteiger partial charge in [-0.3, -0.25) is 0 Å². The molecule has 0 saturated carbocycles. The first-order valence-corrected chi connectivity index (χ1v) is 14.1. The molecule has 0 bridgehead atoms. The van der Waals surface area contributed by atoms with Gasteiger partial charge in [0.1, 0.15) is 5.84 Å². The van der Waals surface area contributed by atoms with E-state index in [9.17, 15) is 5.11 Å². The molecular weight excluding hydrogens is 468 g/mol. The minimum absolute atomic E-state index is 0.275. The van der Waals surface area contributed by atoms with Crippen molar-refractivity contribution in [3.05, 3.63) is 84.5 Å². The molecule has 2 aliphatic rings. The largest absolute Gasteiger partial charge is 0.388 e. The van der Waals surface area contributed by atoms with Gasteiger partial charge in [0.2, 0.25) is 0 Å². The predicted octanol–water partition coefficient (Wildman–Crippen LogP) is 7.84. The van der Waals surface area contributed by atoms with Crippen LogP contribution >= 0.6 is 0 Å². The lowest BCUT2D eigenvalue weighted by Crippen LogP contribution is -2.32. The van der Waals surface area contributed by atoms with E-state index in [1.54, 1.807) is 6.08 Å². The first kappa shape index (κ1) is 25.0. The Balaban J connectivity index is 1.41. The Morgan fingerprint density at radius 2 is 1.66 bits per heavy atom. The van der Waals surface area contributed by atoms with Gasteiger partial charge in [-0.05, 0) is 44.7 Å². The van der Waals surface area contributed by atoms with E-state index in [-0.39, 0.29) is 12.1 Å². The highest BCUT2D eigenvalue weighted by Gasteiger charge is 2.29. The second-order valence-electron chi connectivity index (χ2n) is 10.7. The number of hydrogen-bond acceptors (Lipinski definition) is 4. The third kappa shape index (κ3) is 4.68. The molecule has 0 aromatic heterocycles. The van der Waals surface area contributed by atoms with Crippen LogP contribution in [0.4, 0.5) is 0 Å². The van der Waals surface area contributed by atoms with Crippen LogP contribution < -0.4 is 0 Å². The molecule has 4 atom stereocenters. The van der Waals surface area contributed by atoms with Crippen LogP contribution in [0.5, 0.6) is 0 Å². The quantitative estimate of drug-likeness (QED) is 0.236. The average molecular weight is 505 g/mol. The maximum absolute atomic E-state index is 10.7. The highest BCUT2D eigenvalue weighted by molar-refractivity contribution is 6.27. The number of allylic oxidation sites excluding steroid dienone is 2. The zero-order chi connectivity index (χ0) is 26.1. The monoisotopic (exact) mass is 504 g/mol. The smallest absolute Gasteiger partial charge is 0.155 e. The zero-order valence-electron chi connectivity index (χ0n) is 22.3. The minimum atomic E-state index is -0.642. The number of nitrogens with zero attached hydrogens (tertiary/aromatic N) is 2. The Labute approximate surface area is 224 Å². The number of aliphatic hydroxyl groups is 1. The minimum Gasteiger partial charge on any atom is -0.388 e. The van der Waals surface area contributed by atoms with Crippen molar-refractivity contribution in [2.45, 2.75) is 58.3 Å². The first-order chi connectivity index (χ1) is 18.7. The Morgan fingerprint density at radius 3 is 2.42 bits per heavy atom. The summed E-state index contributed by atoms with van der Waals surface area (Å²) in [6, 6.07) is 19.8. The predicted molar refractivity (Wildman–Crippen MR) is 160 cm³/mol. The van der Waals surface area contributed by atoms with Crippen molar-refractivity contribution >= 4 is 43.9 Å². The molecule has 1 aliphatic heterocycles. The van der Waals surface area contributed by atoms with Crippen LogP contribution in [0.25, 0.3) is 32.3 Å². The van der Waals surface area contributed by atoms with Gasteiger partial charge in [-0.2, -0.15) is 0 Å². The molecule has 0 spiro atoms. The number of ether oxygens (including phenoxy) is 1. The summed E-state index contributed by atoms with van der Waals surface area (Å²) < 4.78 is 6.47. The average Bonchev–Trinajstić information content (AvgIpc) is 2.96. The lowest BCUT2D eigenvalue weighted by Gasteiger charge is -2.27. The van der Waals surface area contributed by atoms with Gasteiger partial charge in [0.25, 0.3) is 0 Å². The van der Waals surface area contributed by atoms with Crippen LogP contribution in [0.15, 0.2) is 88.9 Å². The molecule has 1 N–H and O–H groups in total. The second-order valence-corrected chi connectivity index (χ2v) is 10.7. The van der Waals surface area contributed by atoms with Crippen molar-refractivity contribution < 1.29 is 9.84 Å². The van der Waals surface area contributed by atoms with E-state index in [4.69, 9.17) is 14.7 Å². The molecule has 6 rings (SSSR count). The van der Waals surface area contributed by atoms with Crippen LogP contribution in [0.2, 0.25) is 0 Å². The van der Waals surface area contributed by atoms with Gasteiger partial charge in [0.05, 0.1) is 24.3 Å². The van der Waals surface area contributed by atoms with Crippen molar-refractivity contribution in [2.24, 2.45) is 21.8 Å². The Morgan fingerprint density at radius 1 is 0.921 bits per heavy atom. The molecule has 0 saturated heterocycles. The maximum Gasteiger partial charge on any atom is 0.155 e. The maximum atomic E-state index is 10.7. The van der Waals surface area contributed by atoms with Gasteiger partial charge >= 0.3 is 0 Å². The topological polar surface area (TPSA) is 54.2 Å². The molecule has 0 radical (unpaired) electrons. The summed E-state index contributed by atoms with van der Waals surface area (Å²) >= 11 is 0. The van der Waals surface area contributed by atoms with Crippen molar-refractivity contribution in [1.29, 1.82) is 0 Å². The highest BCUT2D eigenvalue weighted by atomic mass is 16.5. The first-order valence-electron chi connectivity index (χ1n) is 14.1. The zero-order valence-corrected chi connectivity index (χ0v) is 22.3. The fourth-order valence-corrected chi connectivity index (χ4v) is 5.96. The Bertz CT molecular complexity index is 1550. The van der Waals surface area contributed by atoms with E-state index < -0.39 is 6.10 Å². The third-order valence-corrected chi connectivity index (χ3v) is 8.20. The fraction of sp³-hybridized carbons (Fsp3) is 0.353. The number of aliphatic imine (C=N–C) groups is 2. The van der Waals surface area contributed by atoms with E-state index in [0.717, 1.165) is 17.7 Å². The molecule has 4 aromatic carbocycles. The Kier molecular flexibility index (Phi) is 7.10. The van der Waals surface area contributed by atoms with E-state index in [0.29, 0.717) is 24.8 Å². The Hall–Kier alpha value is -3.34. The van der Waals surface area contributed by atoms with Gasteiger partial charge in [0, 0.05) is 12.0 Å². The fourth-order valence-electron chi connectivity index (χ4n) is 5.96. The number of benzene rings is 4. The van der Waals surface area contributed by atoms with Gasteiger partial charge in [-0.25, -0.2) is 9.98 Å². The molecule has 0 amide bonds. The number of unbranched alkanes of at least 4 members (excludes halogenated alkanes) is 1. The van der Waals surface area contributed by atoms with E-state index in [1.807, 2.05) is 18.2 Å². The summed E-state index contributed by atoms with van der Waals surface area (Å²) in [5, 5.41) is 18.3. The lowest BCUT2D eigenvalue weighted by molar-refractivity contribution is 0.0341. The number of aliphatic hydroxyl groups excluding tert-OH is 1. The summed E-state index contributed by atoms with van der Waals surface area (Å²) in [7, 11) is 0. The molecule has 0 fully saturated rings. The van der Waals surface area contributed by atoms with Crippen molar-refractivity contribution in [2.75, 3.05) is 6.61 Å². The summed E-state index contributed by atoms with van der Waals surface area (Å²) in [6.45, 7) is 5.18. The van der Waals surface area contributed by atoms with Crippen LogP contribution in [0.1, 0.15) is 51.5 Å². The lowest BCUT2D eigenvalue weighted by atomic mass is 9.89. The van der Waals surface area contributed by atoms with Crippen molar-refractivity contribution in [3.63, 3.8) is 0 Å². The SMILES string of the molecule is CCCCC(CC)COC1CC(c2ccc3ccc4cccc5ccc2c3c45)=NC(C2C=CC=CC2O)=N1. The highest BCUT2D eigenvalue weighted by Crippen LogP contribution is 2.37. The van der Waals surface area contributed by atoms with Crippen LogP contribution in [-0.4, -0.2) is 35.6 Å². The van der Waals surface area contributed by atoms with E-state index in [1.165, 1.54) is 51.6 Å². The molecule has 4 heteroatoms. The number of rotatable bonds is 9. The summed E-state index contributed by atoms with van der Waals surface area (Å²) in [5.41, 5.74) is 2.11. The van der Waals surface area contributed by atoms with Crippen LogP contribution in [-0.2, 0) is 4.74 Å². The van der Waals surface area contributed by atoms with E-state index >= 15 is 0 Å². The molecule has 1 aliphatic carbocycles. The molecule has 4 nitrogen and oxygen atoms in total. The normalized spacial score (nSPS) is 22.3. The second kappa shape index (κ2) is 10.8. The molecule has 4 aromatic rings. The van der Waals surface area contributed by atoms with Crippen LogP contribution in [0.3, 0.4) is 0 Å². The van der Waals surface area contributed by atoms with Gasteiger partial charge in [0.15, 0.2) is 6.23 Å². The molecule has 4 unspecified atom stereocenters. The summed E-state index contributed by atoms with van der Waals surface area (Å²) in [5.74, 6) is 0.911. The molecule has 1 heterocycles. The summed E-state index contributed by atoms with van der Waals surface area (Å²) in [4.78, 5) is 10.0. The summed E-state index contributed by atoms with van der Waals surface area (Å²) in [6.07, 6.45) is 12.0. The number of amidine groups is 1. The van der Waals surface area contributed by atoms with E-state index in [2.05, 4.69) is 68.4 Å². The third-order valence-electron chi connectivity index (χ3n) is 8.20. The van der Waals surface area contributed by atoms with Crippen LogP contribution in [0, 0.1) is 11.8 Å². The van der Waals surface area contributed by atoms with Crippen molar-refractivity contribution in [3.8, 4) is 0 Å². The van der Waals surface area contributed by atoms with Gasteiger partial charge in [-0.1, -0.05) is 112 Å². The molecular formula is C34H36N2O2. The number of hydrogen-bond donors (Lipinski definition) is 1. The van der Waals surface area contributed by atoms with Crippen molar-refractivity contribution in [1.82, 2.24) is 0 Å². The molecule has 194 valence electrons. The standard InChI is InChI=1S/C34H36N2O2/c1-3-5-9-22(4-2)21-38-31-20-29(35-34(36-31)28-12-6-7-13-30(28)37)26-18-16-25-15-14-23-10-8-11-24-17-19-27(26)33(25)32(23)24/h6-8,10-19,22,28,30-31,37H,3-5,9,20-21H2,1-2H3. The van der Waals surface area contributed by atoms with Gasteiger partial charge in [-0.15, -0.1) is 0 Å².